The second kappa shape index (κ2) is 4.91. The summed E-state index contributed by atoms with van der Waals surface area (Å²) in [6, 6.07) is 10.7. The number of phenols is 2. The zero-order valence-electron chi connectivity index (χ0n) is 9.87. The molecule has 96 valence electrons. The van der Waals surface area contributed by atoms with Gasteiger partial charge < -0.3 is 0 Å². The first-order chi connectivity index (χ1) is 9.25. The van der Waals surface area contributed by atoms with Gasteiger partial charge in [0.2, 0.25) is 0 Å². The number of phenolic OH excluding ortho intramolecular Hbond substituents is 2. The van der Waals surface area contributed by atoms with Crippen LogP contribution in [0.4, 0.5) is 5.69 Å². The quantitative estimate of drug-likeness (QED) is 0.506. The van der Waals surface area contributed by atoms with Crippen molar-refractivity contribution < 1.29 is 10.2 Å². The maximum atomic E-state index is 9.74. The van der Waals surface area contributed by atoms with Crippen molar-refractivity contribution in [3.63, 3.8) is 0 Å². The van der Waals surface area contributed by atoms with E-state index in [0.717, 1.165) is 16.7 Å². The van der Waals surface area contributed by atoms with Crippen LogP contribution in [0.1, 0.15) is 5.56 Å². The van der Waals surface area contributed by atoms with Crippen LogP contribution in [-0.4, -0.2) is 33.1 Å². The van der Waals surface area contributed by atoms with E-state index >= 15 is 0 Å². The molecule has 0 bridgehead atoms. The number of rotatable bonds is 3. The van der Waals surface area contributed by atoms with Crippen LogP contribution in [0.3, 0.4) is 0 Å². The van der Waals surface area contributed by atoms with Crippen molar-refractivity contribution in [3.8, 4) is 11.5 Å². The molecule has 0 spiro atoms. The van der Waals surface area contributed by atoms with Crippen molar-refractivity contribution in [1.82, 2.24) is 7.96 Å². The number of aromatic nitrogens is 2. The van der Waals surface area contributed by atoms with Crippen LogP contribution < -0.4 is 5.32 Å². The van der Waals surface area contributed by atoms with E-state index in [9.17, 15) is 10.2 Å². The fraction of sp³-hybridized carbons (Fsp3) is 0.0769. The molecule has 1 aromatic heterocycles. The van der Waals surface area contributed by atoms with E-state index in [4.69, 9.17) is 0 Å². The molecule has 0 saturated carbocycles. The van der Waals surface area contributed by atoms with Crippen molar-refractivity contribution in [3.05, 3.63) is 42.0 Å². The molecule has 0 unspecified atom stereocenters. The third-order valence-electron chi connectivity index (χ3n) is 2.85. The zero-order chi connectivity index (χ0) is 13.2. The number of nitrogens with one attached hydrogen (secondary N) is 1. The van der Waals surface area contributed by atoms with Gasteiger partial charge in [-0.1, -0.05) is 0 Å². The summed E-state index contributed by atoms with van der Waals surface area (Å²) in [7, 11) is 0. The summed E-state index contributed by atoms with van der Waals surface area (Å²) in [6.45, 7) is 0.416. The minimum absolute atomic E-state index is 0.0622. The molecule has 0 saturated heterocycles. The summed E-state index contributed by atoms with van der Waals surface area (Å²) in [4.78, 5) is 0. The molecule has 3 aromatic rings. The third-order valence-corrected chi connectivity index (χ3v) is 3.99. The van der Waals surface area contributed by atoms with Crippen LogP contribution in [0.25, 0.3) is 11.0 Å². The first-order valence-corrected chi connectivity index (χ1v) is 7.24. The third kappa shape index (κ3) is 2.28. The topological polar surface area (TPSA) is 78.3 Å². The zero-order valence-corrected chi connectivity index (χ0v) is 11.6. The predicted octanol–water partition coefficient (Wildman–Crippen LogP) is 1.71. The Kier molecular flexibility index (Phi) is 3.11. The van der Waals surface area contributed by atoms with E-state index in [-0.39, 0.29) is 26.5 Å². The normalized spacial score (nSPS) is 10.7. The second-order valence-corrected chi connectivity index (χ2v) is 5.18. The molecule has 6 heteroatoms. The number of para-hydroxylation sites is 1. The molecule has 3 N–H and O–H groups in total. The Bertz CT molecular complexity index is 727. The van der Waals surface area contributed by atoms with Crippen LogP contribution >= 0.6 is 0 Å². The maximum absolute atomic E-state index is 9.74. The monoisotopic (exact) mass is 321 g/mol. The summed E-state index contributed by atoms with van der Waals surface area (Å²) < 4.78 is 8.69. The van der Waals surface area contributed by atoms with Gasteiger partial charge in [0, 0.05) is 0 Å². The molecule has 0 aliphatic heterocycles. The van der Waals surface area contributed by atoms with Gasteiger partial charge in [0.1, 0.15) is 0 Å². The molecule has 3 rings (SSSR count). The van der Waals surface area contributed by atoms with Crippen LogP contribution in [0.15, 0.2) is 36.4 Å². The number of hydrogen-bond acceptors (Lipinski definition) is 5. The Labute approximate surface area is 115 Å². The molecule has 0 aliphatic carbocycles. The van der Waals surface area contributed by atoms with Gasteiger partial charge in [-0.05, 0) is 0 Å². The number of fused-ring (bicyclic) bond motifs is 1. The van der Waals surface area contributed by atoms with Gasteiger partial charge in [-0.3, -0.25) is 0 Å². The number of hydrogen-bond donors (Lipinski definition) is 3. The molecule has 1 heterocycles. The van der Waals surface area contributed by atoms with Gasteiger partial charge in [0.15, 0.2) is 0 Å². The molecule has 0 aliphatic rings. The number of anilines is 1. The number of aromatic hydroxyl groups is 2. The van der Waals surface area contributed by atoms with Crippen LogP contribution in [0, 0.1) is 0 Å². The van der Waals surface area contributed by atoms with Gasteiger partial charge in [0.25, 0.3) is 0 Å². The van der Waals surface area contributed by atoms with Crippen molar-refractivity contribution in [1.29, 1.82) is 0 Å². The second-order valence-electron chi connectivity index (χ2n) is 4.08. The van der Waals surface area contributed by atoms with Crippen LogP contribution in [0.2, 0.25) is 0 Å². The molecule has 5 nitrogen and oxygen atoms in total. The SMILES string of the molecule is Oc1cccc(CNc2cccc3n[se]nc23)c1O. The summed E-state index contributed by atoms with van der Waals surface area (Å²) in [5.41, 5.74) is 3.31. The summed E-state index contributed by atoms with van der Waals surface area (Å²) in [5.74, 6) is -0.200. The van der Waals surface area contributed by atoms with E-state index in [2.05, 4.69) is 13.3 Å². The van der Waals surface area contributed by atoms with Crippen molar-refractivity contribution in [2.24, 2.45) is 0 Å². The van der Waals surface area contributed by atoms with Gasteiger partial charge in [0.05, 0.1) is 0 Å². The van der Waals surface area contributed by atoms with E-state index in [1.54, 1.807) is 12.1 Å². The number of nitrogens with zero attached hydrogens (tertiary/aromatic N) is 2. The molecule has 0 amide bonds. The minimum atomic E-state index is -0.111. The van der Waals surface area contributed by atoms with Crippen LogP contribution in [-0.2, 0) is 6.54 Å². The molecular formula is C13H11N3O2Se. The Morgan fingerprint density at radius 1 is 1.05 bits per heavy atom. The Morgan fingerprint density at radius 3 is 2.79 bits per heavy atom. The van der Waals surface area contributed by atoms with Crippen molar-refractivity contribution >= 4 is 31.7 Å². The molecule has 0 fully saturated rings. The first-order valence-electron chi connectivity index (χ1n) is 5.70. The summed E-state index contributed by atoms with van der Waals surface area (Å²) in [5, 5.41) is 22.4. The van der Waals surface area contributed by atoms with E-state index in [0.29, 0.717) is 12.1 Å². The fourth-order valence-corrected chi connectivity index (χ4v) is 3.01. The van der Waals surface area contributed by atoms with Gasteiger partial charge >= 0.3 is 115 Å². The molecular weight excluding hydrogens is 309 g/mol. The number of benzene rings is 2. The van der Waals surface area contributed by atoms with Crippen LogP contribution in [0.5, 0.6) is 11.5 Å². The van der Waals surface area contributed by atoms with E-state index in [1.807, 2.05) is 18.2 Å². The molecule has 2 aromatic carbocycles. The van der Waals surface area contributed by atoms with Crippen molar-refractivity contribution in [2.75, 3.05) is 5.32 Å². The summed E-state index contributed by atoms with van der Waals surface area (Å²) in [6.07, 6.45) is 0. The Hall–Kier alpha value is -2.04. The molecule has 0 radical (unpaired) electrons. The van der Waals surface area contributed by atoms with E-state index < -0.39 is 0 Å². The van der Waals surface area contributed by atoms with Gasteiger partial charge in [-0.2, -0.15) is 0 Å². The van der Waals surface area contributed by atoms with Gasteiger partial charge in [-0.25, -0.2) is 0 Å². The molecule has 19 heavy (non-hydrogen) atoms. The molecule has 0 atom stereocenters. The van der Waals surface area contributed by atoms with E-state index in [1.165, 1.54) is 6.07 Å². The first kappa shape index (κ1) is 12.0. The average molecular weight is 320 g/mol. The fourth-order valence-electron chi connectivity index (χ4n) is 1.86. The predicted molar refractivity (Wildman–Crippen MR) is 73.6 cm³/mol. The Balaban J connectivity index is 1.86. The standard InChI is InChI=1S/C13H11N3O2Se/c17-11-6-1-3-8(13(11)18)7-14-9-4-2-5-10-12(9)16-19-15-10/h1-6,14,17-18H,7H2. The Morgan fingerprint density at radius 2 is 1.89 bits per heavy atom. The summed E-state index contributed by atoms with van der Waals surface area (Å²) >= 11 is -0.0622. The van der Waals surface area contributed by atoms with Crippen molar-refractivity contribution in [2.45, 2.75) is 6.54 Å². The average Bonchev–Trinajstić information content (AvgIpc) is 2.89. The van der Waals surface area contributed by atoms with Gasteiger partial charge in [-0.15, -0.1) is 0 Å².